The molecule has 204 valence electrons. The van der Waals surface area contributed by atoms with E-state index >= 15 is 0 Å². The number of nitrogens with zero attached hydrogens (tertiary/aromatic N) is 3. The Hall–Kier alpha value is -2.70. The van der Waals surface area contributed by atoms with Crippen LogP contribution in [0.5, 0.6) is 0 Å². The molecule has 0 radical (unpaired) electrons. The van der Waals surface area contributed by atoms with Crippen molar-refractivity contribution in [2.75, 3.05) is 39.2 Å². The zero-order valence-electron chi connectivity index (χ0n) is 21.6. The summed E-state index contributed by atoms with van der Waals surface area (Å²) >= 11 is 12.0. The number of nitrogens with one attached hydrogen (secondary N) is 3. The number of aromatic amines is 1. The fourth-order valence-electron chi connectivity index (χ4n) is 3.12. The predicted molar refractivity (Wildman–Crippen MR) is 144 cm³/mol. The Morgan fingerprint density at radius 1 is 1.24 bits per heavy atom. The number of anilines is 1. The topological polar surface area (TPSA) is 132 Å². The van der Waals surface area contributed by atoms with Crippen LogP contribution < -0.4 is 16.2 Å². The number of rotatable bonds is 12. The number of hydrogen-bond donors (Lipinski definition) is 3. The first-order valence-corrected chi connectivity index (χ1v) is 12.3. The molecule has 3 rings (SSSR count). The molecule has 0 amide bonds. The third-order valence-corrected chi connectivity index (χ3v) is 5.53. The van der Waals surface area contributed by atoms with Gasteiger partial charge < -0.3 is 24.8 Å². The number of benzene rings is 1. The normalized spacial score (nSPS) is 12.1. The van der Waals surface area contributed by atoms with Gasteiger partial charge in [0.05, 0.1) is 42.1 Å². The van der Waals surface area contributed by atoms with Crippen molar-refractivity contribution in [1.82, 2.24) is 25.1 Å². The van der Waals surface area contributed by atoms with Gasteiger partial charge in [-0.3, -0.25) is 19.3 Å². The van der Waals surface area contributed by atoms with E-state index < -0.39 is 0 Å². The summed E-state index contributed by atoms with van der Waals surface area (Å²) in [6.45, 7) is 8.32. The lowest BCUT2D eigenvalue weighted by Crippen LogP contribution is -2.31. The van der Waals surface area contributed by atoms with Crippen molar-refractivity contribution in [2.24, 2.45) is 0 Å². The van der Waals surface area contributed by atoms with E-state index in [-0.39, 0.29) is 17.3 Å². The maximum atomic E-state index is 12.6. The second-order valence-electron chi connectivity index (χ2n) is 8.95. The lowest BCUT2D eigenvalue weighted by atomic mass is 10.2. The number of aromatic nitrogens is 4. The smallest absolute Gasteiger partial charge is 0.293 e. The number of carbonyl (C=O) groups is 1. The van der Waals surface area contributed by atoms with Gasteiger partial charge in [-0.15, -0.1) is 0 Å². The summed E-state index contributed by atoms with van der Waals surface area (Å²) in [5.74, 6) is 0.351. The summed E-state index contributed by atoms with van der Waals surface area (Å²) in [7, 11) is 3.48. The van der Waals surface area contributed by atoms with Crippen molar-refractivity contribution in [3.05, 3.63) is 50.4 Å². The molecule has 0 spiro atoms. The highest BCUT2D eigenvalue weighted by molar-refractivity contribution is 6.42. The van der Waals surface area contributed by atoms with Crippen LogP contribution in [0.3, 0.4) is 0 Å². The molecule has 1 atom stereocenters. The molecule has 0 saturated carbocycles. The molecule has 3 aromatic rings. The van der Waals surface area contributed by atoms with Crippen LogP contribution in [0.1, 0.15) is 26.3 Å². The summed E-state index contributed by atoms with van der Waals surface area (Å²) in [5.41, 5.74) is 1.21. The van der Waals surface area contributed by atoms with E-state index in [4.69, 9.17) is 32.7 Å². The van der Waals surface area contributed by atoms with Crippen molar-refractivity contribution in [3.8, 4) is 0 Å². The van der Waals surface area contributed by atoms with Gasteiger partial charge in [0.2, 0.25) is 5.95 Å². The monoisotopic (exact) mass is 556 g/mol. The number of methoxy groups -OCH3 is 1. The molecule has 0 aliphatic heterocycles. The largest absolute Gasteiger partial charge is 0.462 e. The highest BCUT2D eigenvalue weighted by atomic mass is 35.5. The van der Waals surface area contributed by atoms with Crippen LogP contribution in [0.25, 0.3) is 11.0 Å². The maximum Gasteiger partial charge on any atom is 0.293 e. The van der Waals surface area contributed by atoms with Crippen LogP contribution in [0.15, 0.2) is 29.2 Å². The van der Waals surface area contributed by atoms with E-state index in [2.05, 4.69) is 30.4 Å². The standard InChI is InChI=1S/C19H24Cl2N6O3.C5H10O2/c1-22-9-13(11-29-2)30-6-5-27-17-16(10-24-27)25-19(26-18(17)28)23-8-12-3-4-14(20)15(21)7-12;1-5(2,3)7-4-6/h3-4,7,10,13,22H,5-6,8-9,11H2,1-2H3,(H2,23,25,26,28);4H,1-3H3. The van der Waals surface area contributed by atoms with Gasteiger partial charge in [-0.05, 0) is 45.5 Å². The Bertz CT molecular complexity index is 1190. The van der Waals surface area contributed by atoms with E-state index in [1.165, 1.54) is 0 Å². The van der Waals surface area contributed by atoms with Crippen molar-refractivity contribution in [3.63, 3.8) is 0 Å². The first-order valence-electron chi connectivity index (χ1n) is 11.6. The molecule has 0 aliphatic rings. The minimum Gasteiger partial charge on any atom is -0.462 e. The van der Waals surface area contributed by atoms with Gasteiger partial charge in [0.1, 0.15) is 11.1 Å². The third kappa shape index (κ3) is 10.3. The van der Waals surface area contributed by atoms with Crippen LogP contribution in [0.2, 0.25) is 10.0 Å². The Kier molecular flexibility index (Phi) is 12.3. The van der Waals surface area contributed by atoms with Crippen molar-refractivity contribution >= 4 is 46.7 Å². The maximum absolute atomic E-state index is 12.6. The SMILES string of the molecule is CC(C)(C)OC=O.CNCC(COC)OCCn1ncc2nc(NCc3ccc(Cl)c(Cl)c3)[nH]c(=O)c21. The van der Waals surface area contributed by atoms with Crippen LogP contribution in [0, 0.1) is 0 Å². The minimum atomic E-state index is -0.318. The van der Waals surface area contributed by atoms with E-state index in [9.17, 15) is 9.59 Å². The van der Waals surface area contributed by atoms with Crippen LogP contribution in [0.4, 0.5) is 5.95 Å². The second-order valence-corrected chi connectivity index (χ2v) is 9.76. The lowest BCUT2D eigenvalue weighted by Gasteiger charge is -2.16. The molecule has 2 aromatic heterocycles. The molecular weight excluding hydrogens is 523 g/mol. The fraction of sp³-hybridized carbons (Fsp3) is 0.500. The van der Waals surface area contributed by atoms with Crippen molar-refractivity contribution < 1.29 is 19.0 Å². The molecule has 0 fully saturated rings. The van der Waals surface area contributed by atoms with Gasteiger partial charge in [-0.25, -0.2) is 4.98 Å². The molecular formula is C24H34Cl2N6O5. The molecule has 2 heterocycles. The molecule has 13 heteroatoms. The van der Waals surface area contributed by atoms with Crippen molar-refractivity contribution in [1.29, 1.82) is 0 Å². The van der Waals surface area contributed by atoms with E-state index in [0.29, 0.717) is 66.3 Å². The van der Waals surface area contributed by atoms with E-state index in [1.807, 2.05) is 33.9 Å². The van der Waals surface area contributed by atoms with E-state index in [0.717, 1.165) is 5.56 Å². The average molecular weight is 557 g/mol. The molecule has 1 unspecified atom stereocenters. The summed E-state index contributed by atoms with van der Waals surface area (Å²) in [6, 6.07) is 5.33. The summed E-state index contributed by atoms with van der Waals surface area (Å²) in [4.78, 5) is 29.4. The Labute approximate surface area is 225 Å². The van der Waals surface area contributed by atoms with Crippen LogP contribution >= 0.6 is 23.2 Å². The van der Waals surface area contributed by atoms with Gasteiger partial charge in [0, 0.05) is 20.2 Å². The number of carbonyl (C=O) groups excluding carboxylic acids is 1. The average Bonchev–Trinajstić information content (AvgIpc) is 3.23. The van der Waals surface area contributed by atoms with Gasteiger partial charge >= 0.3 is 0 Å². The summed E-state index contributed by atoms with van der Waals surface area (Å²) < 4.78 is 17.1. The molecule has 0 bridgehead atoms. The predicted octanol–water partition coefficient (Wildman–Crippen LogP) is 3.25. The lowest BCUT2D eigenvalue weighted by molar-refractivity contribution is -0.138. The zero-order valence-corrected chi connectivity index (χ0v) is 23.2. The first kappa shape index (κ1) is 30.5. The molecule has 0 saturated heterocycles. The number of H-pyrrole nitrogens is 1. The highest BCUT2D eigenvalue weighted by Crippen LogP contribution is 2.22. The number of halogens is 2. The number of ether oxygens (including phenoxy) is 3. The Balaban J connectivity index is 0.000000604. The summed E-state index contributed by atoms with van der Waals surface area (Å²) in [6.07, 6.45) is 1.49. The number of likely N-dealkylation sites (N-methyl/N-ethyl adjacent to an activating group) is 1. The van der Waals surface area contributed by atoms with Crippen LogP contribution in [-0.2, 0) is 32.1 Å². The first-order chi connectivity index (χ1) is 17.6. The number of hydrogen-bond acceptors (Lipinski definition) is 9. The van der Waals surface area contributed by atoms with Gasteiger partial charge in [0.15, 0.2) is 5.52 Å². The Morgan fingerprint density at radius 2 is 2.00 bits per heavy atom. The summed E-state index contributed by atoms with van der Waals surface area (Å²) in [5, 5.41) is 11.4. The molecule has 11 nitrogen and oxygen atoms in total. The molecule has 37 heavy (non-hydrogen) atoms. The highest BCUT2D eigenvalue weighted by Gasteiger charge is 2.13. The zero-order chi connectivity index (χ0) is 27.4. The van der Waals surface area contributed by atoms with Gasteiger partial charge in [-0.1, -0.05) is 29.3 Å². The number of fused-ring (bicyclic) bond motifs is 1. The van der Waals surface area contributed by atoms with E-state index in [1.54, 1.807) is 30.1 Å². The third-order valence-electron chi connectivity index (χ3n) is 4.79. The molecule has 3 N–H and O–H groups in total. The fourth-order valence-corrected chi connectivity index (χ4v) is 3.45. The van der Waals surface area contributed by atoms with Gasteiger partial charge in [-0.2, -0.15) is 5.10 Å². The minimum absolute atomic E-state index is 0.0737. The quantitative estimate of drug-likeness (QED) is 0.287. The molecule has 0 aliphatic carbocycles. The van der Waals surface area contributed by atoms with Crippen molar-refractivity contribution in [2.45, 2.75) is 45.6 Å². The van der Waals surface area contributed by atoms with Crippen LogP contribution in [-0.4, -0.2) is 71.8 Å². The second kappa shape index (κ2) is 14.9. The molecule has 1 aromatic carbocycles. The van der Waals surface area contributed by atoms with Gasteiger partial charge in [0.25, 0.3) is 12.0 Å². The Morgan fingerprint density at radius 3 is 2.59 bits per heavy atom.